The average Bonchev–Trinajstić information content (AvgIpc) is 2.51. The number of pyridine rings is 1. The summed E-state index contributed by atoms with van der Waals surface area (Å²) in [5.41, 5.74) is -4.09. The number of likely N-dealkylation sites (tertiary alicyclic amines) is 1. The smallest absolute Gasteiger partial charge is 0.291 e. The molecule has 10 heteroatoms. The number of hydrogen-bond acceptors (Lipinski definition) is 2. The van der Waals surface area contributed by atoms with Crippen molar-refractivity contribution < 1.29 is 36.0 Å². The van der Waals surface area contributed by atoms with Crippen molar-refractivity contribution in [3.8, 4) is 0 Å². The van der Waals surface area contributed by atoms with E-state index in [1.165, 1.54) is 29.8 Å². The number of carbonyl (C=O) groups excluding carboxylic acids is 1. The minimum atomic E-state index is -5.72. The van der Waals surface area contributed by atoms with Crippen LogP contribution in [0.3, 0.4) is 0 Å². The number of piperidine rings is 1. The van der Waals surface area contributed by atoms with E-state index < -0.39 is 34.9 Å². The molecule has 0 spiro atoms. The van der Waals surface area contributed by atoms with E-state index in [0.717, 1.165) is 0 Å². The van der Waals surface area contributed by atoms with Gasteiger partial charge in [-0.2, -0.15) is 26.3 Å². The molecule has 1 aromatic heterocycles. The molecule has 2 unspecified atom stereocenters. The Kier molecular flexibility index (Phi) is 5.31. The van der Waals surface area contributed by atoms with E-state index in [4.69, 9.17) is 0 Å². The maximum atomic E-state index is 13.7. The van der Waals surface area contributed by atoms with Crippen LogP contribution in [0.4, 0.5) is 26.3 Å². The minimum absolute atomic E-state index is 0.133. The first-order chi connectivity index (χ1) is 11.5. The Balaban J connectivity index is 2.62. The average molecular weight is 370 g/mol. The monoisotopic (exact) mass is 370 g/mol. The number of rotatable bonds is 3. The summed E-state index contributed by atoms with van der Waals surface area (Å²) in [5.74, 6) is -1.39. The molecule has 1 aliphatic heterocycles. The maximum absolute atomic E-state index is 13.7. The molecule has 2 N–H and O–H groups in total. The lowest BCUT2D eigenvalue weighted by atomic mass is 9.91. The molecule has 1 fully saturated rings. The van der Waals surface area contributed by atoms with Gasteiger partial charge in [0.2, 0.25) is 5.91 Å². The van der Waals surface area contributed by atoms with Crippen LogP contribution in [-0.2, 0) is 4.79 Å². The Morgan fingerprint density at radius 1 is 1.20 bits per heavy atom. The van der Waals surface area contributed by atoms with E-state index >= 15 is 0 Å². The first-order valence-electron chi connectivity index (χ1n) is 7.69. The minimum Gasteiger partial charge on any atom is -0.291 e. The van der Waals surface area contributed by atoms with Gasteiger partial charge in [-0.25, -0.2) is 0 Å². The second kappa shape index (κ2) is 6.81. The van der Waals surface area contributed by atoms with Gasteiger partial charge in [0.25, 0.3) is 0 Å². The first-order valence-corrected chi connectivity index (χ1v) is 7.69. The van der Waals surface area contributed by atoms with Crippen LogP contribution in [0.5, 0.6) is 0 Å². The molecule has 140 valence electrons. The Hall–Kier alpha value is -1.84. The highest BCUT2D eigenvalue weighted by atomic mass is 19.4. The van der Waals surface area contributed by atoms with Gasteiger partial charge in [-0.3, -0.25) is 20.0 Å². The summed E-state index contributed by atoms with van der Waals surface area (Å²) < 4.78 is 82.4. The molecule has 0 aliphatic carbocycles. The molecule has 1 amide bonds. The maximum Gasteiger partial charge on any atom is 0.475 e. The molecule has 1 aromatic rings. The van der Waals surface area contributed by atoms with Crippen molar-refractivity contribution in [2.75, 3.05) is 6.54 Å². The molecular formula is C15H18F6N3O+. The molecule has 2 heterocycles. The molecular weight excluding hydrogens is 352 g/mol. The summed E-state index contributed by atoms with van der Waals surface area (Å²) in [7, 11) is 0. The molecule has 0 aromatic carbocycles. The standard InChI is InChI=1S/C15H17F6N3O/c1-10(25)23-13(14(16,17)18,15(19,20)21)24-8-3-2-6-12(24)11-5-4-7-22-9-11/h4-5,7,9,12H,2-3,6,8H2,1H3,(H,23,25)/p+1. The van der Waals surface area contributed by atoms with Crippen LogP contribution in [0.15, 0.2) is 24.5 Å². The predicted molar refractivity (Wildman–Crippen MR) is 75.3 cm³/mol. The SMILES string of the molecule is CC(=O)NC([NH+]1CCCCC1c1cccnc1)(C(F)(F)F)C(F)(F)F. The highest BCUT2D eigenvalue weighted by Crippen LogP contribution is 2.41. The summed E-state index contributed by atoms with van der Waals surface area (Å²) in [6.07, 6.45) is -7.96. The largest absolute Gasteiger partial charge is 0.475 e. The van der Waals surface area contributed by atoms with Gasteiger partial charge in [0.1, 0.15) is 6.04 Å². The number of nitrogens with zero attached hydrogens (tertiary/aromatic N) is 1. The number of amides is 1. The topological polar surface area (TPSA) is 46.4 Å². The Morgan fingerprint density at radius 3 is 2.32 bits per heavy atom. The third kappa shape index (κ3) is 3.58. The zero-order valence-corrected chi connectivity index (χ0v) is 13.3. The van der Waals surface area contributed by atoms with Crippen LogP contribution in [0.1, 0.15) is 37.8 Å². The van der Waals surface area contributed by atoms with Gasteiger partial charge in [-0.15, -0.1) is 0 Å². The number of quaternary nitrogens is 1. The third-order valence-electron chi connectivity index (χ3n) is 4.39. The van der Waals surface area contributed by atoms with E-state index in [9.17, 15) is 31.1 Å². The Morgan fingerprint density at radius 2 is 1.84 bits per heavy atom. The van der Waals surface area contributed by atoms with E-state index in [1.54, 1.807) is 0 Å². The lowest BCUT2D eigenvalue weighted by molar-refractivity contribution is -1.01. The first kappa shape index (κ1) is 19.5. The number of carbonyl (C=O) groups is 1. The van der Waals surface area contributed by atoms with Crippen LogP contribution in [0.25, 0.3) is 0 Å². The van der Waals surface area contributed by atoms with Gasteiger partial charge in [0.05, 0.1) is 6.54 Å². The lowest BCUT2D eigenvalue weighted by Crippen LogP contribution is -3.27. The number of nitrogens with one attached hydrogen (secondary N) is 2. The molecule has 4 nitrogen and oxygen atoms in total. The van der Waals surface area contributed by atoms with Gasteiger partial charge in [0.15, 0.2) is 0 Å². The van der Waals surface area contributed by atoms with Crippen LogP contribution in [0, 0.1) is 0 Å². The second-order valence-electron chi connectivity index (χ2n) is 6.04. The van der Waals surface area contributed by atoms with Gasteiger partial charge in [0, 0.05) is 31.3 Å². The highest BCUT2D eigenvalue weighted by molar-refractivity contribution is 5.73. The summed E-state index contributed by atoms with van der Waals surface area (Å²) >= 11 is 0. The van der Waals surface area contributed by atoms with Crippen molar-refractivity contribution in [2.45, 2.75) is 50.2 Å². The third-order valence-corrected chi connectivity index (χ3v) is 4.39. The predicted octanol–water partition coefficient (Wildman–Crippen LogP) is 2.15. The van der Waals surface area contributed by atoms with Crippen molar-refractivity contribution in [3.05, 3.63) is 30.1 Å². The van der Waals surface area contributed by atoms with Gasteiger partial charge in [-0.05, 0) is 18.9 Å². The van der Waals surface area contributed by atoms with E-state index in [0.29, 0.717) is 13.3 Å². The fourth-order valence-electron chi connectivity index (χ4n) is 3.42. The molecule has 1 saturated heterocycles. The van der Waals surface area contributed by atoms with Crippen molar-refractivity contribution in [1.82, 2.24) is 10.3 Å². The van der Waals surface area contributed by atoms with Crippen molar-refractivity contribution in [2.24, 2.45) is 0 Å². The number of hydrogen-bond donors (Lipinski definition) is 2. The highest BCUT2D eigenvalue weighted by Gasteiger charge is 2.80. The molecule has 25 heavy (non-hydrogen) atoms. The lowest BCUT2D eigenvalue weighted by Gasteiger charge is -2.47. The Labute approximate surface area is 140 Å². The molecule has 2 atom stereocenters. The molecule has 0 bridgehead atoms. The quantitative estimate of drug-likeness (QED) is 0.801. The van der Waals surface area contributed by atoms with Crippen molar-refractivity contribution >= 4 is 5.91 Å². The normalized spacial score (nSPS) is 22.5. The van der Waals surface area contributed by atoms with Gasteiger partial charge < -0.3 is 0 Å². The van der Waals surface area contributed by atoms with Crippen LogP contribution in [-0.4, -0.2) is 35.5 Å². The van der Waals surface area contributed by atoms with E-state index in [-0.39, 0.29) is 24.9 Å². The van der Waals surface area contributed by atoms with Gasteiger partial charge >= 0.3 is 18.0 Å². The Bertz CT molecular complexity index is 588. The summed E-state index contributed by atoms with van der Waals surface area (Å²) in [5, 5.41) is 1.20. The molecule has 1 aliphatic rings. The number of halogens is 6. The van der Waals surface area contributed by atoms with Crippen molar-refractivity contribution in [3.63, 3.8) is 0 Å². The molecule has 2 rings (SSSR count). The fraction of sp³-hybridized carbons (Fsp3) is 0.600. The zero-order chi connectivity index (χ0) is 18.9. The summed E-state index contributed by atoms with van der Waals surface area (Å²) in [6, 6.07) is 1.83. The van der Waals surface area contributed by atoms with Crippen LogP contribution >= 0.6 is 0 Å². The zero-order valence-electron chi connectivity index (χ0n) is 13.3. The summed E-state index contributed by atoms with van der Waals surface area (Å²) in [6.45, 7) is 0.271. The van der Waals surface area contributed by atoms with E-state index in [1.807, 2.05) is 0 Å². The van der Waals surface area contributed by atoms with Crippen molar-refractivity contribution in [1.29, 1.82) is 0 Å². The van der Waals surface area contributed by atoms with Crippen LogP contribution in [0.2, 0.25) is 0 Å². The molecule has 0 saturated carbocycles. The number of alkyl halides is 6. The number of aromatic nitrogens is 1. The molecule has 0 radical (unpaired) electrons. The second-order valence-corrected chi connectivity index (χ2v) is 6.04. The summed E-state index contributed by atoms with van der Waals surface area (Å²) in [4.78, 5) is 14.3. The van der Waals surface area contributed by atoms with E-state index in [2.05, 4.69) is 4.98 Å². The van der Waals surface area contributed by atoms with Gasteiger partial charge in [-0.1, -0.05) is 6.07 Å². The fourth-order valence-corrected chi connectivity index (χ4v) is 3.42. The van der Waals surface area contributed by atoms with Crippen LogP contribution < -0.4 is 10.2 Å².